The molecule has 5 heteroatoms. The van der Waals surface area contributed by atoms with Crippen molar-refractivity contribution >= 4 is 12.3 Å². The number of nitrogens with zero attached hydrogens (tertiary/aromatic N) is 3. The van der Waals surface area contributed by atoms with Crippen LogP contribution in [0.3, 0.4) is 0 Å². The summed E-state index contributed by atoms with van der Waals surface area (Å²) in [5.41, 5.74) is 0.892. The predicted molar refractivity (Wildman–Crippen MR) is 80.2 cm³/mol. The van der Waals surface area contributed by atoms with Crippen molar-refractivity contribution in [2.24, 2.45) is 0 Å². The molecule has 0 saturated carbocycles. The van der Waals surface area contributed by atoms with Crippen molar-refractivity contribution in [3.05, 3.63) is 42.6 Å². The van der Waals surface area contributed by atoms with Crippen LogP contribution in [0.4, 0.5) is 0 Å². The molecular weight excluding hydrogens is 249 g/mol. The summed E-state index contributed by atoms with van der Waals surface area (Å²) < 4.78 is 5.39. The summed E-state index contributed by atoms with van der Waals surface area (Å²) in [6.45, 7) is 5.83. The predicted octanol–water partition coefficient (Wildman–Crippen LogP) is 3.65. The third-order valence-electron chi connectivity index (χ3n) is 3.60. The second-order valence-corrected chi connectivity index (χ2v) is 4.99. The van der Waals surface area contributed by atoms with Gasteiger partial charge in [-0.1, -0.05) is 48.7 Å². The average Bonchev–Trinajstić information content (AvgIpc) is 2.97. The van der Waals surface area contributed by atoms with E-state index in [1.54, 1.807) is 6.08 Å². The van der Waals surface area contributed by atoms with E-state index in [4.69, 9.17) is 9.78 Å². The molecule has 102 valence electrons. The molecule has 0 spiro atoms. The van der Waals surface area contributed by atoms with Gasteiger partial charge in [0.05, 0.1) is 0 Å². The first-order valence-corrected chi connectivity index (χ1v) is 6.97. The first-order chi connectivity index (χ1) is 9.78. The second kappa shape index (κ2) is 6.90. The van der Waals surface area contributed by atoms with E-state index in [1.807, 2.05) is 25.2 Å². The van der Waals surface area contributed by atoms with E-state index in [2.05, 4.69) is 22.7 Å². The van der Waals surface area contributed by atoms with Gasteiger partial charge in [0.25, 0.3) is 6.71 Å². The summed E-state index contributed by atoms with van der Waals surface area (Å²) in [5.74, 6) is 3.91. The van der Waals surface area contributed by atoms with Crippen LogP contribution in [-0.2, 0) is 0 Å². The lowest BCUT2D eigenvalue weighted by Crippen LogP contribution is -2.19. The number of hydrogen-bond acceptors (Lipinski definition) is 4. The minimum Gasteiger partial charge on any atom is -0.339 e. The normalized spacial score (nSPS) is 17.4. The van der Waals surface area contributed by atoms with E-state index in [-0.39, 0.29) is 12.6 Å². The lowest BCUT2D eigenvalue weighted by molar-refractivity contribution is 0.341. The van der Waals surface area contributed by atoms with Gasteiger partial charge in [0, 0.05) is 17.5 Å². The van der Waals surface area contributed by atoms with Crippen molar-refractivity contribution in [3.63, 3.8) is 0 Å². The summed E-state index contributed by atoms with van der Waals surface area (Å²) >= 11 is 0. The van der Waals surface area contributed by atoms with E-state index < -0.39 is 0 Å². The lowest BCUT2D eigenvalue weighted by atomic mass is 9.42. The van der Waals surface area contributed by atoms with Gasteiger partial charge in [0.15, 0.2) is 0 Å². The molecule has 1 aliphatic heterocycles. The third kappa shape index (κ3) is 3.27. The zero-order valence-electron chi connectivity index (χ0n) is 11.7. The Balaban J connectivity index is 2.11. The summed E-state index contributed by atoms with van der Waals surface area (Å²) in [7, 11) is 0. The van der Waals surface area contributed by atoms with Crippen LogP contribution in [0.1, 0.15) is 37.4 Å². The van der Waals surface area contributed by atoms with Crippen LogP contribution in [0.15, 0.2) is 35.4 Å². The van der Waals surface area contributed by atoms with Gasteiger partial charge in [-0.3, -0.25) is 0 Å². The van der Waals surface area contributed by atoms with Crippen LogP contribution < -0.4 is 0 Å². The molecule has 0 bridgehead atoms. The van der Waals surface area contributed by atoms with Gasteiger partial charge in [-0.15, -0.1) is 0 Å². The van der Waals surface area contributed by atoms with Crippen molar-refractivity contribution in [2.45, 2.75) is 38.3 Å². The molecular formula is C15H18BN3O. The van der Waals surface area contributed by atoms with Gasteiger partial charge in [-0.25, -0.2) is 5.26 Å². The highest BCUT2D eigenvalue weighted by atomic mass is 16.5. The highest BCUT2D eigenvalue weighted by molar-refractivity contribution is 6.67. The maximum Gasteiger partial charge on any atom is 0.267 e. The monoisotopic (exact) mass is 267 g/mol. The quantitative estimate of drug-likeness (QED) is 0.617. The fourth-order valence-corrected chi connectivity index (χ4v) is 2.50. The van der Waals surface area contributed by atoms with Crippen LogP contribution in [-0.4, -0.2) is 16.9 Å². The van der Waals surface area contributed by atoms with Crippen molar-refractivity contribution < 1.29 is 4.52 Å². The molecule has 2 heterocycles. The fraction of sp³-hybridized carbons (Fsp3) is 0.400. The number of hydrogen-bond donors (Lipinski definition) is 0. The fourth-order valence-electron chi connectivity index (χ4n) is 2.50. The third-order valence-corrected chi connectivity index (χ3v) is 3.60. The SMILES string of the molecule is C=C/C=C(\C=C/C)c1noc(C2CCB(C#N)CC2)n1. The summed E-state index contributed by atoms with van der Waals surface area (Å²) in [6, 6.07) is 0. The van der Waals surface area contributed by atoms with Gasteiger partial charge in [0.1, 0.15) is 0 Å². The van der Waals surface area contributed by atoms with Crippen LogP contribution >= 0.6 is 0 Å². The molecule has 0 atom stereocenters. The van der Waals surface area contributed by atoms with Crippen LogP contribution in [0.5, 0.6) is 0 Å². The van der Waals surface area contributed by atoms with Gasteiger partial charge in [0.2, 0.25) is 11.7 Å². The molecule has 1 fully saturated rings. The average molecular weight is 267 g/mol. The van der Waals surface area contributed by atoms with Crippen LogP contribution in [0, 0.1) is 11.2 Å². The van der Waals surface area contributed by atoms with E-state index in [1.165, 1.54) is 0 Å². The Kier molecular flexibility index (Phi) is 4.94. The summed E-state index contributed by atoms with van der Waals surface area (Å²) in [4.78, 5) is 4.49. The minimum absolute atomic E-state index is 0.188. The second-order valence-electron chi connectivity index (χ2n) is 4.99. The van der Waals surface area contributed by atoms with Crippen molar-refractivity contribution in [1.82, 2.24) is 10.1 Å². The zero-order valence-corrected chi connectivity index (χ0v) is 11.7. The molecule has 2 rings (SSSR count). The molecule has 1 aromatic heterocycles. The Morgan fingerprint density at radius 3 is 2.85 bits per heavy atom. The lowest BCUT2D eigenvalue weighted by Gasteiger charge is -2.19. The maximum absolute atomic E-state index is 8.92. The Bertz CT molecular complexity index is 560. The standard InChI is InChI=1S/C15H18BN3O/c1-3-5-12(6-4-2)14-18-15(20-19-14)13-7-9-16(11-17)10-8-13/h3-6,13H,1,7-10H2,2H3/b6-4-,12-5+. The molecule has 1 aromatic rings. The van der Waals surface area contributed by atoms with Crippen molar-refractivity contribution in [2.75, 3.05) is 0 Å². The van der Waals surface area contributed by atoms with Gasteiger partial charge in [-0.2, -0.15) is 4.98 Å². The van der Waals surface area contributed by atoms with Crippen LogP contribution in [0.25, 0.3) is 5.57 Å². The van der Waals surface area contributed by atoms with Crippen molar-refractivity contribution in [3.8, 4) is 5.97 Å². The Morgan fingerprint density at radius 2 is 2.25 bits per heavy atom. The Hall–Kier alpha value is -2.09. The molecule has 0 amide bonds. The molecule has 0 aliphatic carbocycles. The molecule has 0 aromatic carbocycles. The first-order valence-electron chi connectivity index (χ1n) is 6.97. The van der Waals surface area contributed by atoms with Gasteiger partial charge < -0.3 is 4.52 Å². The van der Waals surface area contributed by atoms with Gasteiger partial charge in [-0.05, 0) is 19.8 Å². The van der Waals surface area contributed by atoms with Gasteiger partial charge >= 0.3 is 0 Å². The minimum atomic E-state index is 0.188. The molecule has 0 N–H and O–H groups in total. The zero-order chi connectivity index (χ0) is 14.4. The van der Waals surface area contributed by atoms with Crippen molar-refractivity contribution in [1.29, 1.82) is 5.26 Å². The number of rotatable bonds is 4. The Morgan fingerprint density at radius 1 is 1.50 bits per heavy atom. The van der Waals surface area contributed by atoms with Crippen LogP contribution in [0.2, 0.25) is 12.6 Å². The number of aromatic nitrogens is 2. The van der Waals surface area contributed by atoms with E-state index >= 15 is 0 Å². The molecule has 1 saturated heterocycles. The Labute approximate surface area is 120 Å². The molecule has 0 radical (unpaired) electrons. The largest absolute Gasteiger partial charge is 0.339 e. The molecule has 20 heavy (non-hydrogen) atoms. The smallest absolute Gasteiger partial charge is 0.267 e. The van der Waals surface area contributed by atoms with E-state index in [0.29, 0.717) is 11.7 Å². The first kappa shape index (κ1) is 14.3. The molecule has 1 aliphatic rings. The van der Waals surface area contributed by atoms with E-state index in [0.717, 1.165) is 31.1 Å². The summed E-state index contributed by atoms with van der Waals surface area (Å²) in [5, 5.41) is 13.0. The molecule has 4 nitrogen and oxygen atoms in total. The topological polar surface area (TPSA) is 62.7 Å². The molecule has 0 unspecified atom stereocenters. The number of nitriles is 1. The highest BCUT2D eigenvalue weighted by Gasteiger charge is 2.28. The highest BCUT2D eigenvalue weighted by Crippen LogP contribution is 2.32. The van der Waals surface area contributed by atoms with E-state index in [9.17, 15) is 0 Å². The number of allylic oxidation sites excluding steroid dienone is 5. The summed E-state index contributed by atoms with van der Waals surface area (Å²) in [6.07, 6.45) is 11.2. The maximum atomic E-state index is 8.92.